The minimum absolute atomic E-state index is 0.186. The fraction of sp³-hybridized carbons (Fsp3) is 0.762. The van der Waals surface area contributed by atoms with E-state index in [0.717, 1.165) is 12.8 Å². The Morgan fingerprint density at radius 2 is 1.97 bits per heavy atom. The maximum Gasteiger partial charge on any atom is 0.168 e. The van der Waals surface area contributed by atoms with Gasteiger partial charge >= 0.3 is 0 Å². The molecule has 4 rings (SSSR count). The van der Waals surface area contributed by atoms with E-state index in [4.69, 9.17) is 14.5 Å². The number of hydrogen-bond donors (Lipinski definition) is 4. The summed E-state index contributed by atoms with van der Waals surface area (Å²) in [7, 11) is 3.32. The number of anilines is 1. The van der Waals surface area contributed by atoms with Crippen molar-refractivity contribution in [2.45, 2.75) is 76.7 Å². The number of imidazole rings is 1. The molecule has 4 atom stereocenters. The molecule has 0 spiro atoms. The second-order valence-corrected chi connectivity index (χ2v) is 9.38. The Kier molecular flexibility index (Phi) is 6.45. The topological polar surface area (TPSA) is 127 Å². The number of rotatable bonds is 7. The predicted octanol–water partition coefficient (Wildman–Crippen LogP) is 1.19. The van der Waals surface area contributed by atoms with Crippen molar-refractivity contribution in [2.24, 2.45) is 5.41 Å². The summed E-state index contributed by atoms with van der Waals surface area (Å²) in [4.78, 5) is 13.8. The maximum atomic E-state index is 10.5. The van der Waals surface area contributed by atoms with Crippen molar-refractivity contribution >= 4 is 17.0 Å². The first-order valence-electron chi connectivity index (χ1n) is 11.0. The largest absolute Gasteiger partial charge is 0.387 e. The Hall–Kier alpha value is -1.85. The number of nitrogens with one attached hydrogen (secondary N) is 2. The lowest BCUT2D eigenvalue weighted by molar-refractivity contribution is -0.0580. The summed E-state index contributed by atoms with van der Waals surface area (Å²) >= 11 is 0. The molecule has 10 nitrogen and oxygen atoms in total. The van der Waals surface area contributed by atoms with E-state index in [1.807, 2.05) is 0 Å². The highest BCUT2D eigenvalue weighted by Gasteiger charge is 2.44. The third kappa shape index (κ3) is 4.54. The first-order chi connectivity index (χ1) is 14.8. The highest BCUT2D eigenvalue weighted by atomic mass is 16.6. The summed E-state index contributed by atoms with van der Waals surface area (Å²) in [6, 6.07) is 0.459. The Morgan fingerprint density at radius 3 is 2.65 bits per heavy atom. The molecule has 2 fully saturated rings. The van der Waals surface area contributed by atoms with Crippen LogP contribution in [0.25, 0.3) is 11.2 Å². The lowest BCUT2D eigenvalue weighted by Gasteiger charge is -2.34. The molecule has 3 heterocycles. The molecule has 172 valence electrons. The van der Waals surface area contributed by atoms with Crippen molar-refractivity contribution in [1.29, 1.82) is 0 Å². The molecule has 31 heavy (non-hydrogen) atoms. The number of hydrogen-bond acceptors (Lipinski definition) is 9. The van der Waals surface area contributed by atoms with Gasteiger partial charge in [-0.3, -0.25) is 4.57 Å². The van der Waals surface area contributed by atoms with Gasteiger partial charge in [-0.25, -0.2) is 15.0 Å². The van der Waals surface area contributed by atoms with Crippen LogP contribution in [0.1, 0.15) is 51.6 Å². The molecular formula is C21H34N6O4. The molecule has 4 N–H and O–H groups in total. The van der Waals surface area contributed by atoms with E-state index in [2.05, 4.69) is 34.4 Å². The first kappa shape index (κ1) is 22.3. The molecule has 0 radical (unpaired) electrons. The van der Waals surface area contributed by atoms with E-state index in [-0.39, 0.29) is 6.61 Å². The highest BCUT2D eigenvalue weighted by molar-refractivity contribution is 5.83. The summed E-state index contributed by atoms with van der Waals surface area (Å²) in [5.41, 5.74) is 1.56. The average molecular weight is 435 g/mol. The van der Waals surface area contributed by atoms with Crippen molar-refractivity contribution in [3.8, 4) is 0 Å². The zero-order chi connectivity index (χ0) is 22.2. The molecule has 0 aromatic carbocycles. The van der Waals surface area contributed by atoms with Crippen LogP contribution >= 0.6 is 0 Å². The van der Waals surface area contributed by atoms with Gasteiger partial charge in [0.1, 0.15) is 24.1 Å². The molecule has 1 saturated carbocycles. The number of aromatic nitrogens is 4. The maximum absolute atomic E-state index is 10.5. The molecule has 1 aliphatic carbocycles. The summed E-state index contributed by atoms with van der Waals surface area (Å²) in [6.45, 7) is 5.39. The van der Waals surface area contributed by atoms with Crippen LogP contribution in [0.3, 0.4) is 0 Å². The molecule has 0 unspecified atom stereocenters. The van der Waals surface area contributed by atoms with Crippen LogP contribution < -0.4 is 10.6 Å². The molecule has 1 aliphatic heterocycles. The summed E-state index contributed by atoms with van der Waals surface area (Å²) in [6.07, 6.45) is 2.69. The van der Waals surface area contributed by atoms with Gasteiger partial charge in [0.2, 0.25) is 0 Å². The van der Waals surface area contributed by atoms with E-state index in [0.29, 0.717) is 40.8 Å². The third-order valence-electron chi connectivity index (χ3n) is 6.53. The van der Waals surface area contributed by atoms with Gasteiger partial charge in [-0.05, 0) is 31.1 Å². The number of ether oxygens (including phenoxy) is 2. The summed E-state index contributed by atoms with van der Waals surface area (Å²) in [5, 5.41) is 27.5. The van der Waals surface area contributed by atoms with Crippen LogP contribution in [0, 0.1) is 5.41 Å². The monoisotopic (exact) mass is 434 g/mol. The predicted molar refractivity (Wildman–Crippen MR) is 116 cm³/mol. The number of nitrogens with zero attached hydrogens (tertiary/aromatic N) is 4. The van der Waals surface area contributed by atoms with E-state index < -0.39 is 24.5 Å². The fourth-order valence-electron chi connectivity index (χ4n) is 4.50. The smallest absolute Gasteiger partial charge is 0.168 e. The number of methoxy groups -OCH3 is 1. The second kappa shape index (κ2) is 8.95. The van der Waals surface area contributed by atoms with Crippen molar-refractivity contribution < 1.29 is 19.7 Å². The zero-order valence-corrected chi connectivity index (χ0v) is 18.7. The lowest BCUT2D eigenvalue weighted by atomic mass is 9.75. The van der Waals surface area contributed by atoms with Crippen molar-refractivity contribution in [2.75, 3.05) is 26.1 Å². The Labute approximate surface area is 182 Å². The Morgan fingerprint density at radius 1 is 1.23 bits per heavy atom. The van der Waals surface area contributed by atoms with Gasteiger partial charge in [-0.2, -0.15) is 0 Å². The van der Waals surface area contributed by atoms with Crippen LogP contribution in [0.5, 0.6) is 0 Å². The average Bonchev–Trinajstić information content (AvgIpc) is 3.29. The number of aliphatic hydroxyl groups excluding tert-OH is 2. The van der Waals surface area contributed by atoms with Gasteiger partial charge in [0.05, 0.1) is 19.5 Å². The highest BCUT2D eigenvalue weighted by Crippen LogP contribution is 2.35. The van der Waals surface area contributed by atoms with Crippen molar-refractivity contribution in [3.05, 3.63) is 12.2 Å². The van der Waals surface area contributed by atoms with Gasteiger partial charge < -0.3 is 30.3 Å². The van der Waals surface area contributed by atoms with E-state index in [1.54, 1.807) is 17.9 Å². The summed E-state index contributed by atoms with van der Waals surface area (Å²) < 4.78 is 12.6. The fourth-order valence-corrected chi connectivity index (χ4v) is 4.50. The quantitative estimate of drug-likeness (QED) is 0.508. The van der Waals surface area contributed by atoms with Gasteiger partial charge in [-0.1, -0.05) is 13.8 Å². The van der Waals surface area contributed by atoms with Crippen LogP contribution in [-0.4, -0.2) is 74.9 Å². The number of fused-ring (bicyclic) bond motifs is 1. The SMILES string of the molecule is CNc1nc(CNC2CCC(C)(C)CC2)nc2c1ncn2[C@@H]1O[C@H](COC)[C@@H](O)[C@H]1O. The lowest BCUT2D eigenvalue weighted by Crippen LogP contribution is -2.35. The molecule has 10 heteroatoms. The molecule has 2 aromatic heterocycles. The second-order valence-electron chi connectivity index (χ2n) is 9.38. The first-order valence-corrected chi connectivity index (χ1v) is 11.0. The number of aliphatic hydroxyl groups is 2. The van der Waals surface area contributed by atoms with Crippen LogP contribution in [0.2, 0.25) is 0 Å². The molecule has 2 aromatic rings. The molecule has 1 saturated heterocycles. The van der Waals surface area contributed by atoms with E-state index >= 15 is 0 Å². The van der Waals surface area contributed by atoms with Crippen molar-refractivity contribution in [1.82, 2.24) is 24.8 Å². The standard InChI is InChI=1S/C21H34N6O4/c1-21(2)7-5-12(6-8-21)23-9-14-25-18(22-3)15-19(26-14)27(11-24-15)20-17(29)16(28)13(31-20)10-30-4/h11-13,16-17,20,23,28-29H,5-10H2,1-4H3,(H,22,25,26)/t13-,16-,17-,20-/m1/s1. The van der Waals surface area contributed by atoms with Crippen LogP contribution in [0.4, 0.5) is 5.82 Å². The van der Waals surface area contributed by atoms with Gasteiger partial charge in [0, 0.05) is 20.2 Å². The van der Waals surface area contributed by atoms with Crippen LogP contribution in [-0.2, 0) is 16.0 Å². The Bertz CT molecular complexity index is 893. The minimum Gasteiger partial charge on any atom is -0.387 e. The van der Waals surface area contributed by atoms with E-state index in [9.17, 15) is 10.2 Å². The molecule has 0 amide bonds. The van der Waals surface area contributed by atoms with Gasteiger partial charge in [0.15, 0.2) is 23.2 Å². The molecular weight excluding hydrogens is 400 g/mol. The molecule has 0 bridgehead atoms. The van der Waals surface area contributed by atoms with Gasteiger partial charge in [0.25, 0.3) is 0 Å². The Balaban J connectivity index is 1.55. The van der Waals surface area contributed by atoms with Crippen LogP contribution in [0.15, 0.2) is 6.33 Å². The van der Waals surface area contributed by atoms with E-state index in [1.165, 1.54) is 20.0 Å². The van der Waals surface area contributed by atoms with Gasteiger partial charge in [-0.15, -0.1) is 0 Å². The third-order valence-corrected chi connectivity index (χ3v) is 6.53. The zero-order valence-electron chi connectivity index (χ0n) is 18.7. The normalized spacial score (nSPS) is 29.0. The minimum atomic E-state index is -1.11. The molecule has 2 aliphatic rings. The summed E-state index contributed by atoms with van der Waals surface area (Å²) in [5.74, 6) is 1.26. The van der Waals surface area contributed by atoms with Crippen molar-refractivity contribution in [3.63, 3.8) is 0 Å².